The Labute approximate surface area is 75.5 Å². The van der Waals surface area contributed by atoms with Gasteiger partial charge in [-0.25, -0.2) is 0 Å². The summed E-state index contributed by atoms with van der Waals surface area (Å²) in [6.07, 6.45) is 4.15. The zero-order valence-electron chi connectivity index (χ0n) is 8.52. The van der Waals surface area contributed by atoms with Gasteiger partial charge in [0.05, 0.1) is 6.61 Å². The summed E-state index contributed by atoms with van der Waals surface area (Å²) in [5.74, 6) is 0.910. The van der Waals surface area contributed by atoms with E-state index in [1.165, 1.54) is 19.3 Å². The summed E-state index contributed by atoms with van der Waals surface area (Å²) in [6.45, 7) is 9.16. The van der Waals surface area contributed by atoms with Gasteiger partial charge in [-0.1, -0.05) is 20.8 Å². The maximum atomic E-state index is 5.53. The third-order valence-electron chi connectivity index (χ3n) is 3.85. The summed E-state index contributed by atoms with van der Waals surface area (Å²) in [6, 6.07) is 0. The van der Waals surface area contributed by atoms with Gasteiger partial charge in [0.1, 0.15) is 0 Å². The highest BCUT2D eigenvalue weighted by Crippen LogP contribution is 2.58. The van der Waals surface area contributed by atoms with Gasteiger partial charge >= 0.3 is 0 Å². The Hall–Kier alpha value is -0.0400. The van der Waals surface area contributed by atoms with Gasteiger partial charge in [0, 0.05) is 6.61 Å². The normalized spacial score (nSPS) is 41.8. The first-order valence-corrected chi connectivity index (χ1v) is 5.12. The van der Waals surface area contributed by atoms with E-state index in [-0.39, 0.29) is 0 Å². The molecule has 0 amide bonds. The zero-order chi connectivity index (χ0) is 8.82. The van der Waals surface area contributed by atoms with Crippen molar-refractivity contribution < 1.29 is 4.74 Å². The van der Waals surface area contributed by atoms with Crippen LogP contribution >= 0.6 is 0 Å². The van der Waals surface area contributed by atoms with Crippen molar-refractivity contribution in [3.05, 3.63) is 0 Å². The van der Waals surface area contributed by atoms with E-state index in [1.807, 2.05) is 0 Å². The lowest BCUT2D eigenvalue weighted by Gasteiger charge is -2.53. The molecule has 1 nitrogen and oxygen atoms in total. The molecule has 1 spiro atoms. The Morgan fingerprint density at radius 3 is 2.33 bits per heavy atom. The molecule has 2 aliphatic rings. The Morgan fingerprint density at radius 1 is 1.25 bits per heavy atom. The van der Waals surface area contributed by atoms with Crippen molar-refractivity contribution in [1.82, 2.24) is 0 Å². The van der Waals surface area contributed by atoms with E-state index in [1.54, 1.807) is 0 Å². The Bertz CT molecular complexity index is 172. The number of hydrogen-bond donors (Lipinski definition) is 0. The van der Waals surface area contributed by atoms with Gasteiger partial charge in [0.15, 0.2) is 0 Å². The van der Waals surface area contributed by atoms with Crippen molar-refractivity contribution >= 4 is 0 Å². The molecule has 2 atom stereocenters. The maximum absolute atomic E-state index is 5.53. The third-order valence-corrected chi connectivity index (χ3v) is 3.85. The van der Waals surface area contributed by atoms with E-state index < -0.39 is 0 Å². The largest absolute Gasteiger partial charge is 0.381 e. The van der Waals surface area contributed by atoms with Gasteiger partial charge in [-0.05, 0) is 36.0 Å². The second kappa shape index (κ2) is 2.47. The molecule has 0 bridgehead atoms. The third kappa shape index (κ3) is 1.10. The van der Waals surface area contributed by atoms with Crippen molar-refractivity contribution in [2.45, 2.75) is 40.0 Å². The molecule has 2 fully saturated rings. The van der Waals surface area contributed by atoms with Crippen molar-refractivity contribution in [3.8, 4) is 0 Å². The minimum absolute atomic E-state index is 0.492. The van der Waals surface area contributed by atoms with Crippen LogP contribution in [0.25, 0.3) is 0 Å². The molecule has 1 aliphatic heterocycles. The first-order valence-electron chi connectivity index (χ1n) is 5.12. The molecule has 1 heteroatoms. The van der Waals surface area contributed by atoms with E-state index in [0.29, 0.717) is 10.8 Å². The van der Waals surface area contributed by atoms with Gasteiger partial charge in [0.25, 0.3) is 0 Å². The van der Waals surface area contributed by atoms with Crippen molar-refractivity contribution in [2.75, 3.05) is 13.2 Å². The maximum Gasteiger partial charge on any atom is 0.0526 e. The second-order valence-electron chi connectivity index (χ2n) is 5.62. The predicted octanol–water partition coefficient (Wildman–Crippen LogP) is 2.85. The fraction of sp³-hybridized carbons (Fsp3) is 1.00. The average molecular weight is 168 g/mol. The molecule has 70 valence electrons. The minimum atomic E-state index is 0.492. The molecule has 12 heavy (non-hydrogen) atoms. The van der Waals surface area contributed by atoms with Crippen LogP contribution in [0.4, 0.5) is 0 Å². The highest BCUT2D eigenvalue weighted by atomic mass is 16.5. The van der Waals surface area contributed by atoms with Crippen LogP contribution in [0, 0.1) is 16.7 Å². The van der Waals surface area contributed by atoms with Gasteiger partial charge in [-0.15, -0.1) is 0 Å². The molecule has 1 aliphatic carbocycles. The second-order valence-corrected chi connectivity index (χ2v) is 5.62. The predicted molar refractivity (Wildman–Crippen MR) is 50.0 cm³/mol. The van der Waals surface area contributed by atoms with Crippen LogP contribution in [0.2, 0.25) is 0 Å². The van der Waals surface area contributed by atoms with Gasteiger partial charge < -0.3 is 4.74 Å². The lowest BCUT2D eigenvalue weighted by molar-refractivity contribution is -0.0501. The number of rotatable bonds is 0. The van der Waals surface area contributed by atoms with Crippen LogP contribution in [-0.2, 0) is 4.74 Å². The number of hydrogen-bond acceptors (Lipinski definition) is 1. The van der Waals surface area contributed by atoms with Crippen molar-refractivity contribution in [2.24, 2.45) is 16.7 Å². The summed E-state index contributed by atoms with van der Waals surface area (Å²) in [5, 5.41) is 0. The van der Waals surface area contributed by atoms with Crippen LogP contribution in [0.5, 0.6) is 0 Å². The Balaban J connectivity index is 2.09. The Kier molecular flexibility index (Phi) is 1.76. The number of ether oxygens (including phenoxy) is 1. The van der Waals surface area contributed by atoms with Crippen molar-refractivity contribution in [1.29, 1.82) is 0 Å². The van der Waals surface area contributed by atoms with Crippen LogP contribution in [0.1, 0.15) is 40.0 Å². The molecule has 0 aromatic heterocycles. The van der Waals surface area contributed by atoms with Crippen LogP contribution in [0.3, 0.4) is 0 Å². The molecule has 1 saturated carbocycles. The SMILES string of the molecule is CC(C)(C)C1CCC12CCOC2. The monoisotopic (exact) mass is 168 g/mol. The van der Waals surface area contributed by atoms with E-state index in [0.717, 1.165) is 19.1 Å². The average Bonchev–Trinajstić information content (AvgIpc) is 2.28. The molecule has 0 aromatic rings. The van der Waals surface area contributed by atoms with E-state index in [2.05, 4.69) is 20.8 Å². The molecule has 0 N–H and O–H groups in total. The highest BCUT2D eigenvalue weighted by molar-refractivity contribution is 5.02. The molecule has 0 aromatic carbocycles. The molecular formula is C11H20O. The molecule has 2 unspecified atom stereocenters. The highest BCUT2D eigenvalue weighted by Gasteiger charge is 2.53. The lowest BCUT2D eigenvalue weighted by atomic mass is 9.52. The molecule has 1 heterocycles. The topological polar surface area (TPSA) is 9.23 Å². The summed E-state index contributed by atoms with van der Waals surface area (Å²) in [5.41, 5.74) is 1.09. The summed E-state index contributed by atoms with van der Waals surface area (Å²) in [4.78, 5) is 0. The first-order chi connectivity index (χ1) is 5.55. The van der Waals surface area contributed by atoms with Gasteiger partial charge in [-0.3, -0.25) is 0 Å². The first kappa shape index (κ1) is 8.55. The summed E-state index contributed by atoms with van der Waals surface area (Å²) >= 11 is 0. The molecule has 0 radical (unpaired) electrons. The smallest absolute Gasteiger partial charge is 0.0526 e. The summed E-state index contributed by atoms with van der Waals surface area (Å²) < 4.78 is 5.53. The zero-order valence-corrected chi connectivity index (χ0v) is 8.52. The van der Waals surface area contributed by atoms with E-state index >= 15 is 0 Å². The standard InChI is InChI=1S/C11H20O/c1-10(2,3)9-4-5-11(9)6-7-12-8-11/h9H,4-8H2,1-3H3. The fourth-order valence-corrected chi connectivity index (χ4v) is 3.14. The quantitative estimate of drug-likeness (QED) is 0.540. The fourth-order valence-electron chi connectivity index (χ4n) is 3.14. The van der Waals surface area contributed by atoms with Gasteiger partial charge in [-0.2, -0.15) is 0 Å². The van der Waals surface area contributed by atoms with Gasteiger partial charge in [0.2, 0.25) is 0 Å². The summed E-state index contributed by atoms with van der Waals surface area (Å²) in [7, 11) is 0. The lowest BCUT2D eigenvalue weighted by Crippen LogP contribution is -2.47. The molecule has 1 saturated heterocycles. The van der Waals surface area contributed by atoms with Crippen LogP contribution in [-0.4, -0.2) is 13.2 Å². The Morgan fingerprint density at radius 2 is 2.00 bits per heavy atom. The van der Waals surface area contributed by atoms with Crippen LogP contribution in [0.15, 0.2) is 0 Å². The minimum Gasteiger partial charge on any atom is -0.381 e. The van der Waals surface area contributed by atoms with E-state index in [9.17, 15) is 0 Å². The molecule has 2 rings (SSSR count). The van der Waals surface area contributed by atoms with Crippen LogP contribution < -0.4 is 0 Å². The molecular weight excluding hydrogens is 148 g/mol. The van der Waals surface area contributed by atoms with E-state index in [4.69, 9.17) is 4.74 Å². The van der Waals surface area contributed by atoms with Crippen molar-refractivity contribution in [3.63, 3.8) is 0 Å².